The third-order valence-corrected chi connectivity index (χ3v) is 11.0. The molecule has 2 atom stereocenters. The van der Waals surface area contributed by atoms with E-state index in [1.807, 2.05) is 0 Å². The zero-order valence-electron chi connectivity index (χ0n) is 28.3. The van der Waals surface area contributed by atoms with Gasteiger partial charge >= 0.3 is 0 Å². The summed E-state index contributed by atoms with van der Waals surface area (Å²) in [6, 6.07) is 61.3. The molecule has 9 aromatic rings. The summed E-state index contributed by atoms with van der Waals surface area (Å²) < 4.78 is 12.9. The second-order valence-electron chi connectivity index (χ2n) is 14.1. The summed E-state index contributed by atoms with van der Waals surface area (Å²) in [4.78, 5) is 0. The molecule has 244 valence electrons. The van der Waals surface area contributed by atoms with Crippen LogP contribution in [0.4, 0.5) is 0 Å². The number of fused-ring (bicyclic) bond motifs is 8. The zero-order chi connectivity index (χ0) is 34.2. The molecule has 0 N–H and O–H groups in total. The van der Waals surface area contributed by atoms with Crippen LogP contribution in [0.5, 0.6) is 5.75 Å². The topological polar surface area (TPSA) is 22.4 Å². The van der Waals surface area contributed by atoms with Crippen LogP contribution in [0.15, 0.2) is 174 Å². The second kappa shape index (κ2) is 11.4. The molecule has 0 spiro atoms. The Morgan fingerprint density at radius 3 is 1.46 bits per heavy atom. The first-order chi connectivity index (χ1) is 25.7. The van der Waals surface area contributed by atoms with Gasteiger partial charge in [0.25, 0.3) is 0 Å². The summed E-state index contributed by atoms with van der Waals surface area (Å²) in [5.41, 5.74) is 12.6. The van der Waals surface area contributed by atoms with E-state index in [9.17, 15) is 0 Å². The van der Waals surface area contributed by atoms with Gasteiger partial charge in [0, 0.05) is 28.2 Å². The van der Waals surface area contributed by atoms with Gasteiger partial charge in [-0.25, -0.2) is 0 Å². The van der Waals surface area contributed by atoms with Crippen molar-refractivity contribution in [1.82, 2.24) is 0 Å². The minimum absolute atomic E-state index is 0.0873. The largest absolute Gasteiger partial charge is 0.485 e. The fourth-order valence-electron chi connectivity index (χ4n) is 8.20. The molecule has 0 saturated heterocycles. The Balaban J connectivity index is 0.903. The molecule has 2 nitrogen and oxygen atoms in total. The first-order valence-electron chi connectivity index (χ1n) is 18.0. The van der Waals surface area contributed by atoms with Crippen molar-refractivity contribution >= 4 is 44.7 Å². The first-order valence-corrected chi connectivity index (χ1v) is 18.0. The van der Waals surface area contributed by atoms with Gasteiger partial charge in [0.2, 0.25) is 0 Å². The molecule has 8 aromatic carbocycles. The fraction of sp³-hybridized carbons (Fsp3) is 0.0400. The van der Waals surface area contributed by atoms with E-state index in [4.69, 9.17) is 9.15 Å². The molecule has 0 amide bonds. The van der Waals surface area contributed by atoms with Crippen LogP contribution in [0.25, 0.3) is 89.2 Å². The number of ether oxygens (including phenoxy) is 1. The molecule has 0 fully saturated rings. The third kappa shape index (κ3) is 4.80. The minimum atomic E-state index is -0.0873. The van der Waals surface area contributed by atoms with Crippen molar-refractivity contribution in [2.24, 2.45) is 0 Å². The maximum atomic E-state index is 6.48. The number of rotatable bonds is 4. The van der Waals surface area contributed by atoms with Crippen LogP contribution in [0.1, 0.15) is 11.5 Å². The molecule has 0 radical (unpaired) electrons. The van der Waals surface area contributed by atoms with E-state index < -0.39 is 0 Å². The van der Waals surface area contributed by atoms with E-state index in [1.54, 1.807) is 0 Å². The molecule has 0 saturated carbocycles. The molecule has 11 rings (SSSR count). The van der Waals surface area contributed by atoms with Crippen LogP contribution in [0.2, 0.25) is 0 Å². The molecular weight excluding hydrogens is 633 g/mol. The highest BCUT2D eigenvalue weighted by Crippen LogP contribution is 2.43. The first kappa shape index (κ1) is 29.1. The maximum Gasteiger partial charge on any atom is 0.135 e. The highest BCUT2D eigenvalue weighted by Gasteiger charge is 2.34. The maximum absolute atomic E-state index is 6.48. The number of hydrogen-bond acceptors (Lipinski definition) is 2. The fourth-order valence-corrected chi connectivity index (χ4v) is 8.20. The van der Waals surface area contributed by atoms with E-state index >= 15 is 0 Å². The monoisotopic (exact) mass is 664 g/mol. The van der Waals surface area contributed by atoms with Gasteiger partial charge in [0.15, 0.2) is 0 Å². The Morgan fingerprint density at radius 2 is 0.865 bits per heavy atom. The summed E-state index contributed by atoms with van der Waals surface area (Å²) in [6.45, 7) is 0. The standard InChI is InChI=1S/C50H32O2/c1-3-7-37-25-39(19-17-31(37)5-1)33-9-13-35(14-10-33)41-21-23-47-43(27-41)45-29-46-44-28-42(22-24-48(44)52-50(46)30-49(45)51-47)36-15-11-34(12-16-36)40-20-18-32-6-2-4-8-38(32)26-40/h1-30,45,49H. The van der Waals surface area contributed by atoms with Gasteiger partial charge in [0.05, 0.1) is 0 Å². The van der Waals surface area contributed by atoms with E-state index in [2.05, 4.69) is 182 Å². The van der Waals surface area contributed by atoms with Crippen LogP contribution in [0, 0.1) is 0 Å². The molecular formula is C50H32O2. The molecule has 2 aliphatic rings. The molecule has 0 bridgehead atoms. The molecule has 2 heterocycles. The minimum Gasteiger partial charge on any atom is -0.485 e. The van der Waals surface area contributed by atoms with Crippen LogP contribution >= 0.6 is 0 Å². The van der Waals surface area contributed by atoms with E-state index in [0.29, 0.717) is 0 Å². The summed E-state index contributed by atoms with van der Waals surface area (Å²) >= 11 is 0. The average Bonchev–Trinajstić information content (AvgIpc) is 3.76. The van der Waals surface area contributed by atoms with Crippen molar-refractivity contribution < 1.29 is 9.15 Å². The number of furan rings is 1. The van der Waals surface area contributed by atoms with E-state index in [1.165, 1.54) is 71.6 Å². The van der Waals surface area contributed by atoms with Crippen LogP contribution in [-0.2, 0) is 0 Å². The lowest BCUT2D eigenvalue weighted by atomic mass is 9.89. The van der Waals surface area contributed by atoms with Gasteiger partial charge in [-0.2, -0.15) is 0 Å². The summed E-state index contributed by atoms with van der Waals surface area (Å²) in [7, 11) is 0. The lowest BCUT2D eigenvalue weighted by Crippen LogP contribution is -2.32. The number of hydrogen-bond donors (Lipinski definition) is 0. The van der Waals surface area contributed by atoms with E-state index in [0.717, 1.165) is 27.4 Å². The molecule has 52 heavy (non-hydrogen) atoms. The van der Waals surface area contributed by atoms with Crippen LogP contribution < -0.4 is 15.4 Å². The van der Waals surface area contributed by atoms with Crippen molar-refractivity contribution in [1.29, 1.82) is 0 Å². The van der Waals surface area contributed by atoms with Crippen molar-refractivity contribution in [3.63, 3.8) is 0 Å². The summed E-state index contributed by atoms with van der Waals surface area (Å²) in [6.07, 6.45) is 4.43. The van der Waals surface area contributed by atoms with Crippen molar-refractivity contribution in [3.8, 4) is 50.3 Å². The highest BCUT2D eigenvalue weighted by molar-refractivity contribution is 5.90. The molecule has 1 aromatic heterocycles. The molecule has 2 unspecified atom stereocenters. The lowest BCUT2D eigenvalue weighted by molar-refractivity contribution is 0.286. The van der Waals surface area contributed by atoms with Gasteiger partial charge < -0.3 is 9.15 Å². The predicted octanol–water partition coefficient (Wildman–Crippen LogP) is 11.5. The smallest absolute Gasteiger partial charge is 0.135 e. The van der Waals surface area contributed by atoms with Crippen LogP contribution in [0.3, 0.4) is 0 Å². The SMILES string of the molecule is C1=c2oc3ccc(-c4ccc(-c5ccc6ccccc6c5)cc4)cc3c2=CC2c3cc(-c4ccc(-c5ccc6ccccc6c5)cc4)ccc3OC12. The number of benzene rings is 8. The Kier molecular flexibility index (Phi) is 6.41. The Morgan fingerprint density at radius 1 is 0.385 bits per heavy atom. The third-order valence-electron chi connectivity index (χ3n) is 11.0. The molecule has 1 aliphatic carbocycles. The van der Waals surface area contributed by atoms with Crippen molar-refractivity contribution in [2.45, 2.75) is 12.0 Å². The van der Waals surface area contributed by atoms with E-state index in [-0.39, 0.29) is 12.0 Å². The highest BCUT2D eigenvalue weighted by atomic mass is 16.5. The molecule has 2 heteroatoms. The second-order valence-corrected chi connectivity index (χ2v) is 14.1. The van der Waals surface area contributed by atoms with Crippen LogP contribution in [-0.4, -0.2) is 6.10 Å². The average molecular weight is 665 g/mol. The normalized spacial score (nSPS) is 15.8. The van der Waals surface area contributed by atoms with Gasteiger partial charge in [-0.1, -0.05) is 140 Å². The Hall–Kier alpha value is -6.64. The van der Waals surface area contributed by atoms with Crippen molar-refractivity contribution in [2.75, 3.05) is 0 Å². The van der Waals surface area contributed by atoms with Gasteiger partial charge in [-0.05, 0) is 102 Å². The Bertz CT molecular complexity index is 2980. The molecule has 1 aliphatic heterocycles. The predicted molar refractivity (Wildman–Crippen MR) is 215 cm³/mol. The lowest BCUT2D eigenvalue weighted by Gasteiger charge is -2.14. The quantitative estimate of drug-likeness (QED) is 0.187. The Labute approximate surface area is 301 Å². The zero-order valence-corrected chi connectivity index (χ0v) is 28.3. The summed E-state index contributed by atoms with van der Waals surface area (Å²) in [5, 5.41) is 7.32. The summed E-state index contributed by atoms with van der Waals surface area (Å²) in [5.74, 6) is 1.06. The van der Waals surface area contributed by atoms with Gasteiger partial charge in [0.1, 0.15) is 22.9 Å². The van der Waals surface area contributed by atoms with Gasteiger partial charge in [-0.15, -0.1) is 0 Å². The van der Waals surface area contributed by atoms with Gasteiger partial charge in [-0.3, -0.25) is 0 Å². The van der Waals surface area contributed by atoms with Crippen molar-refractivity contribution in [3.05, 3.63) is 186 Å².